The van der Waals surface area contributed by atoms with Crippen molar-refractivity contribution in [1.82, 2.24) is 15.3 Å². The molecule has 174 valence electrons. The van der Waals surface area contributed by atoms with E-state index in [2.05, 4.69) is 34.6 Å². The average molecular weight is 477 g/mol. The van der Waals surface area contributed by atoms with Gasteiger partial charge in [-0.25, -0.2) is 4.98 Å². The van der Waals surface area contributed by atoms with Crippen LogP contribution in [-0.2, 0) is 6.42 Å². The van der Waals surface area contributed by atoms with Crippen molar-refractivity contribution in [3.8, 4) is 6.07 Å². The third-order valence-corrected chi connectivity index (χ3v) is 6.02. The molecule has 1 saturated carbocycles. The van der Waals surface area contributed by atoms with Crippen molar-refractivity contribution in [3.05, 3.63) is 41.1 Å². The average Bonchev–Trinajstić information content (AvgIpc) is 3.58. The van der Waals surface area contributed by atoms with Gasteiger partial charge in [0.15, 0.2) is 0 Å². The first-order valence-corrected chi connectivity index (χ1v) is 11.3. The van der Waals surface area contributed by atoms with Crippen LogP contribution in [0.5, 0.6) is 0 Å². The Labute approximate surface area is 204 Å². The summed E-state index contributed by atoms with van der Waals surface area (Å²) < 4.78 is 0. The predicted molar refractivity (Wildman–Crippen MR) is 136 cm³/mol. The first-order valence-electron chi connectivity index (χ1n) is 11.3. The standard InChI is InChI=1S/C24H32N6.2ClH/c1-3-5-20-13-23(30-11-4-6-22(16-30)26-15-18-8-9-18)29-24(27-20)28-21-10-7-17(2)19(12-21)14-25;;/h7,10,12-13,18,22,26H,3-6,8-9,11,15-16H2,1-2H3,(H,27,28,29);2*1H/t22-;;/m1../s1. The zero-order valence-electron chi connectivity index (χ0n) is 18.9. The summed E-state index contributed by atoms with van der Waals surface area (Å²) in [4.78, 5) is 12.0. The molecule has 0 amide bonds. The van der Waals surface area contributed by atoms with Gasteiger partial charge in [-0.05, 0) is 69.2 Å². The number of rotatable bonds is 8. The van der Waals surface area contributed by atoms with Crippen LogP contribution in [0.3, 0.4) is 0 Å². The van der Waals surface area contributed by atoms with Crippen LogP contribution in [0.2, 0.25) is 0 Å². The minimum Gasteiger partial charge on any atom is -0.355 e. The number of aryl methyl sites for hydroxylation is 2. The summed E-state index contributed by atoms with van der Waals surface area (Å²) in [7, 11) is 0. The second kappa shape index (κ2) is 12.2. The highest BCUT2D eigenvalue weighted by molar-refractivity contribution is 5.85. The molecule has 1 aliphatic heterocycles. The normalized spacial score (nSPS) is 17.7. The molecule has 1 atom stereocenters. The van der Waals surface area contributed by atoms with Crippen molar-refractivity contribution in [2.75, 3.05) is 29.9 Å². The van der Waals surface area contributed by atoms with Gasteiger partial charge in [0.2, 0.25) is 5.95 Å². The molecule has 1 saturated heterocycles. The van der Waals surface area contributed by atoms with Crippen molar-refractivity contribution < 1.29 is 0 Å². The molecule has 6 nitrogen and oxygen atoms in total. The second-order valence-electron chi connectivity index (χ2n) is 8.69. The molecule has 2 aromatic rings. The van der Waals surface area contributed by atoms with E-state index in [9.17, 15) is 5.26 Å². The summed E-state index contributed by atoms with van der Waals surface area (Å²) in [5, 5.41) is 16.4. The van der Waals surface area contributed by atoms with Crippen molar-refractivity contribution in [2.45, 2.75) is 58.4 Å². The van der Waals surface area contributed by atoms with Crippen LogP contribution in [0, 0.1) is 24.2 Å². The van der Waals surface area contributed by atoms with E-state index < -0.39 is 0 Å². The molecule has 0 unspecified atom stereocenters. The Balaban J connectivity index is 0.00000181. The van der Waals surface area contributed by atoms with Gasteiger partial charge < -0.3 is 15.5 Å². The van der Waals surface area contributed by atoms with Gasteiger partial charge in [0.1, 0.15) is 5.82 Å². The fraction of sp³-hybridized carbons (Fsp3) is 0.542. The van der Waals surface area contributed by atoms with E-state index >= 15 is 0 Å². The van der Waals surface area contributed by atoms with Crippen molar-refractivity contribution in [1.29, 1.82) is 5.26 Å². The Bertz CT molecular complexity index is 925. The number of piperidine rings is 1. The molecule has 1 aliphatic carbocycles. The third-order valence-electron chi connectivity index (χ3n) is 6.02. The summed E-state index contributed by atoms with van der Waals surface area (Å²) in [6.45, 7) is 7.31. The van der Waals surface area contributed by atoms with E-state index in [0.29, 0.717) is 17.6 Å². The number of halogens is 2. The van der Waals surface area contributed by atoms with Crippen LogP contribution in [0.25, 0.3) is 0 Å². The molecule has 32 heavy (non-hydrogen) atoms. The predicted octanol–water partition coefficient (Wildman–Crippen LogP) is 5.16. The maximum Gasteiger partial charge on any atom is 0.229 e. The highest BCUT2D eigenvalue weighted by Crippen LogP contribution is 2.28. The number of anilines is 3. The Kier molecular flexibility index (Phi) is 10.0. The number of hydrogen-bond acceptors (Lipinski definition) is 6. The fourth-order valence-electron chi connectivity index (χ4n) is 4.04. The quantitative estimate of drug-likeness (QED) is 0.547. The molecule has 0 radical (unpaired) electrons. The SMILES string of the molecule is CCCc1cc(N2CCC[C@@H](NCC3CC3)C2)nc(Nc2ccc(C)c(C#N)c2)n1.Cl.Cl. The van der Waals surface area contributed by atoms with E-state index in [0.717, 1.165) is 61.2 Å². The van der Waals surface area contributed by atoms with Gasteiger partial charge in [0.25, 0.3) is 0 Å². The summed E-state index contributed by atoms with van der Waals surface area (Å²) in [5.74, 6) is 2.51. The first kappa shape index (κ1) is 26.2. The lowest BCUT2D eigenvalue weighted by Crippen LogP contribution is -2.46. The van der Waals surface area contributed by atoms with Crippen molar-refractivity contribution in [3.63, 3.8) is 0 Å². The summed E-state index contributed by atoms with van der Waals surface area (Å²) >= 11 is 0. The minimum absolute atomic E-state index is 0. The van der Waals surface area contributed by atoms with E-state index in [1.165, 1.54) is 25.7 Å². The molecule has 2 fully saturated rings. The molecule has 2 heterocycles. The van der Waals surface area contributed by atoms with Gasteiger partial charge in [0, 0.05) is 36.6 Å². The van der Waals surface area contributed by atoms with E-state index in [-0.39, 0.29) is 24.8 Å². The number of nitrogens with one attached hydrogen (secondary N) is 2. The summed E-state index contributed by atoms with van der Waals surface area (Å²) in [5.41, 5.74) is 3.55. The Morgan fingerprint density at radius 3 is 2.69 bits per heavy atom. The molecular weight excluding hydrogens is 443 g/mol. The minimum atomic E-state index is 0. The Morgan fingerprint density at radius 1 is 1.16 bits per heavy atom. The number of benzene rings is 1. The lowest BCUT2D eigenvalue weighted by atomic mass is 10.1. The van der Waals surface area contributed by atoms with Crippen LogP contribution < -0.4 is 15.5 Å². The summed E-state index contributed by atoms with van der Waals surface area (Å²) in [6, 6.07) is 10.7. The molecule has 4 rings (SSSR count). The van der Waals surface area contributed by atoms with Gasteiger partial charge >= 0.3 is 0 Å². The Hall–Kier alpha value is -2.07. The van der Waals surface area contributed by atoms with Crippen molar-refractivity contribution >= 4 is 42.3 Å². The number of aromatic nitrogens is 2. The van der Waals surface area contributed by atoms with E-state index in [1.807, 2.05) is 25.1 Å². The molecule has 0 spiro atoms. The maximum absolute atomic E-state index is 9.32. The lowest BCUT2D eigenvalue weighted by molar-refractivity contribution is 0.414. The van der Waals surface area contributed by atoms with Gasteiger partial charge in [-0.15, -0.1) is 24.8 Å². The van der Waals surface area contributed by atoms with Crippen LogP contribution >= 0.6 is 24.8 Å². The second-order valence-corrected chi connectivity index (χ2v) is 8.69. The van der Waals surface area contributed by atoms with Gasteiger partial charge in [-0.2, -0.15) is 10.2 Å². The first-order chi connectivity index (χ1) is 14.6. The van der Waals surface area contributed by atoms with Gasteiger partial charge in [-0.1, -0.05) is 19.4 Å². The highest BCUT2D eigenvalue weighted by atomic mass is 35.5. The highest BCUT2D eigenvalue weighted by Gasteiger charge is 2.25. The smallest absolute Gasteiger partial charge is 0.229 e. The van der Waals surface area contributed by atoms with Crippen LogP contribution in [0.15, 0.2) is 24.3 Å². The van der Waals surface area contributed by atoms with Gasteiger partial charge in [-0.3, -0.25) is 0 Å². The molecule has 8 heteroatoms. The number of nitriles is 1. The molecule has 0 bridgehead atoms. The fourth-order valence-corrected chi connectivity index (χ4v) is 4.04. The molecular formula is C24H34Cl2N6. The molecule has 2 N–H and O–H groups in total. The molecule has 1 aromatic heterocycles. The number of nitrogens with zero attached hydrogens (tertiary/aromatic N) is 4. The zero-order chi connectivity index (χ0) is 20.9. The van der Waals surface area contributed by atoms with Crippen LogP contribution in [-0.4, -0.2) is 35.6 Å². The zero-order valence-corrected chi connectivity index (χ0v) is 20.6. The third kappa shape index (κ3) is 6.96. The van der Waals surface area contributed by atoms with Crippen LogP contribution in [0.1, 0.15) is 55.8 Å². The largest absolute Gasteiger partial charge is 0.355 e. The number of hydrogen-bond donors (Lipinski definition) is 2. The monoisotopic (exact) mass is 476 g/mol. The van der Waals surface area contributed by atoms with E-state index in [4.69, 9.17) is 9.97 Å². The van der Waals surface area contributed by atoms with E-state index in [1.54, 1.807) is 0 Å². The Morgan fingerprint density at radius 2 is 1.97 bits per heavy atom. The summed E-state index contributed by atoms with van der Waals surface area (Å²) in [6.07, 6.45) is 7.17. The van der Waals surface area contributed by atoms with Crippen molar-refractivity contribution in [2.24, 2.45) is 5.92 Å². The maximum atomic E-state index is 9.32. The van der Waals surface area contributed by atoms with Gasteiger partial charge in [0.05, 0.1) is 11.6 Å². The molecule has 1 aromatic carbocycles. The van der Waals surface area contributed by atoms with Crippen LogP contribution in [0.4, 0.5) is 17.5 Å². The molecule has 2 aliphatic rings. The topological polar surface area (TPSA) is 76.9 Å². The lowest BCUT2D eigenvalue weighted by Gasteiger charge is -2.34.